The number of hydrogen-bond donors (Lipinski definition) is 1. The summed E-state index contributed by atoms with van der Waals surface area (Å²) in [4.78, 5) is 30.7. The molecular weight excluding hydrogens is 415 g/mol. The molecule has 4 rings (SSSR count). The maximum absolute atomic E-state index is 12.7. The van der Waals surface area contributed by atoms with Crippen LogP contribution in [-0.4, -0.2) is 28.2 Å². The van der Waals surface area contributed by atoms with Crippen LogP contribution in [0.5, 0.6) is 0 Å². The van der Waals surface area contributed by atoms with Gasteiger partial charge in [0.05, 0.1) is 11.1 Å². The second kappa shape index (κ2) is 7.91. The molecule has 0 fully saturated rings. The summed E-state index contributed by atoms with van der Waals surface area (Å²) in [5.41, 5.74) is 3.86. The first-order valence-electron chi connectivity index (χ1n) is 9.09. The number of halogens is 3. The van der Waals surface area contributed by atoms with Gasteiger partial charge in [0.1, 0.15) is 5.69 Å². The maximum atomic E-state index is 12.7. The van der Waals surface area contributed by atoms with Crippen molar-refractivity contribution in [1.82, 2.24) is 9.88 Å². The van der Waals surface area contributed by atoms with E-state index < -0.39 is 17.6 Å². The highest BCUT2D eigenvalue weighted by Gasteiger charge is 2.30. The molecule has 0 radical (unpaired) electrons. The summed E-state index contributed by atoms with van der Waals surface area (Å²) >= 11 is 1.36. The highest BCUT2D eigenvalue weighted by Crippen LogP contribution is 2.29. The Morgan fingerprint density at radius 1 is 1.07 bits per heavy atom. The number of fused-ring (bicyclic) bond motifs is 1. The van der Waals surface area contributed by atoms with Gasteiger partial charge in [-0.1, -0.05) is 6.07 Å². The predicted octanol–water partition coefficient (Wildman–Crippen LogP) is 4.61. The third-order valence-corrected chi connectivity index (χ3v) is 5.48. The average Bonchev–Trinajstić information content (AvgIpc) is 3.27. The second-order valence-corrected chi connectivity index (χ2v) is 7.58. The van der Waals surface area contributed by atoms with Crippen molar-refractivity contribution in [1.29, 1.82) is 0 Å². The Kier molecular flexibility index (Phi) is 5.29. The molecule has 0 saturated carbocycles. The molecule has 1 aliphatic heterocycles. The zero-order valence-electron chi connectivity index (χ0n) is 15.6. The quantitative estimate of drug-likeness (QED) is 0.659. The molecule has 0 aliphatic carbocycles. The number of aromatic nitrogens is 1. The number of benzene rings is 2. The number of nitrogens with one attached hydrogen (secondary N) is 1. The molecule has 0 atom stereocenters. The van der Waals surface area contributed by atoms with Crippen molar-refractivity contribution in [3.05, 3.63) is 81.3 Å². The van der Waals surface area contributed by atoms with Gasteiger partial charge in [-0.05, 0) is 53.9 Å². The van der Waals surface area contributed by atoms with E-state index >= 15 is 0 Å². The summed E-state index contributed by atoms with van der Waals surface area (Å²) in [7, 11) is 0. The van der Waals surface area contributed by atoms with Crippen LogP contribution in [0.4, 0.5) is 18.9 Å². The number of thiazole rings is 1. The normalized spacial score (nSPS) is 13.6. The van der Waals surface area contributed by atoms with Crippen molar-refractivity contribution in [3.63, 3.8) is 0 Å². The smallest absolute Gasteiger partial charge is 0.333 e. The number of hydrogen-bond acceptors (Lipinski definition) is 4. The lowest BCUT2D eigenvalue weighted by atomic mass is 9.98. The zero-order chi connectivity index (χ0) is 21.3. The number of carbonyl (C=O) groups is 2. The first-order chi connectivity index (χ1) is 14.3. The summed E-state index contributed by atoms with van der Waals surface area (Å²) in [6, 6.07) is 9.47. The molecule has 0 bridgehead atoms. The Bertz CT molecular complexity index is 1080. The Balaban J connectivity index is 1.47. The molecule has 0 unspecified atom stereocenters. The van der Waals surface area contributed by atoms with Gasteiger partial charge in [-0.25, -0.2) is 4.98 Å². The van der Waals surface area contributed by atoms with Crippen LogP contribution < -0.4 is 5.32 Å². The van der Waals surface area contributed by atoms with E-state index in [-0.39, 0.29) is 11.5 Å². The summed E-state index contributed by atoms with van der Waals surface area (Å²) in [5.74, 6) is -0.643. The maximum Gasteiger partial charge on any atom is 0.416 e. The summed E-state index contributed by atoms with van der Waals surface area (Å²) in [6.07, 6.45) is -3.76. The molecule has 1 aromatic heterocycles. The van der Waals surface area contributed by atoms with Crippen molar-refractivity contribution < 1.29 is 22.8 Å². The number of amides is 2. The molecule has 0 spiro atoms. The van der Waals surface area contributed by atoms with Gasteiger partial charge in [-0.2, -0.15) is 13.2 Å². The van der Waals surface area contributed by atoms with E-state index in [0.717, 1.165) is 35.4 Å². The highest BCUT2D eigenvalue weighted by molar-refractivity contribution is 7.07. The molecule has 1 aliphatic rings. The first kappa shape index (κ1) is 20.1. The summed E-state index contributed by atoms with van der Waals surface area (Å²) < 4.78 is 38.0. The van der Waals surface area contributed by atoms with Crippen molar-refractivity contribution in [2.75, 3.05) is 11.9 Å². The Morgan fingerprint density at radius 2 is 1.83 bits per heavy atom. The minimum Gasteiger partial charge on any atom is -0.333 e. The van der Waals surface area contributed by atoms with Crippen molar-refractivity contribution >= 4 is 28.8 Å². The van der Waals surface area contributed by atoms with Gasteiger partial charge in [0.25, 0.3) is 11.8 Å². The molecule has 1 N–H and O–H groups in total. The van der Waals surface area contributed by atoms with E-state index in [1.807, 2.05) is 6.07 Å². The van der Waals surface area contributed by atoms with E-state index in [2.05, 4.69) is 10.3 Å². The van der Waals surface area contributed by atoms with Crippen LogP contribution in [0.1, 0.15) is 37.5 Å². The largest absolute Gasteiger partial charge is 0.416 e. The van der Waals surface area contributed by atoms with Crippen LogP contribution in [0.2, 0.25) is 0 Å². The van der Waals surface area contributed by atoms with Gasteiger partial charge in [0.15, 0.2) is 0 Å². The van der Waals surface area contributed by atoms with Gasteiger partial charge < -0.3 is 10.2 Å². The Labute approximate surface area is 174 Å². The van der Waals surface area contributed by atoms with Crippen molar-refractivity contribution in [2.24, 2.45) is 0 Å². The minimum atomic E-state index is -4.45. The van der Waals surface area contributed by atoms with Gasteiger partial charge in [0.2, 0.25) is 0 Å². The number of nitrogens with zero attached hydrogens (tertiary/aromatic N) is 2. The molecule has 0 saturated heterocycles. The van der Waals surface area contributed by atoms with E-state index in [0.29, 0.717) is 30.9 Å². The first-order valence-corrected chi connectivity index (χ1v) is 10.0. The topological polar surface area (TPSA) is 62.3 Å². The molecule has 154 valence electrons. The van der Waals surface area contributed by atoms with E-state index in [9.17, 15) is 22.8 Å². The third-order valence-electron chi connectivity index (χ3n) is 4.89. The van der Waals surface area contributed by atoms with Crippen molar-refractivity contribution in [2.45, 2.75) is 19.1 Å². The van der Waals surface area contributed by atoms with E-state index in [4.69, 9.17) is 0 Å². The third kappa shape index (κ3) is 4.20. The fraction of sp³-hybridized carbons (Fsp3) is 0.190. The van der Waals surface area contributed by atoms with E-state index in [1.54, 1.807) is 27.9 Å². The molecule has 30 heavy (non-hydrogen) atoms. The monoisotopic (exact) mass is 431 g/mol. The van der Waals surface area contributed by atoms with Crippen molar-refractivity contribution in [3.8, 4) is 0 Å². The van der Waals surface area contributed by atoms with Crippen LogP contribution in [0, 0.1) is 0 Å². The van der Waals surface area contributed by atoms with Gasteiger partial charge in [-0.15, -0.1) is 11.3 Å². The lowest BCUT2D eigenvalue weighted by molar-refractivity contribution is -0.137. The fourth-order valence-corrected chi connectivity index (χ4v) is 3.83. The van der Waals surface area contributed by atoms with Crippen LogP contribution in [0.25, 0.3) is 0 Å². The average molecular weight is 431 g/mol. The van der Waals surface area contributed by atoms with Gasteiger partial charge >= 0.3 is 6.18 Å². The second-order valence-electron chi connectivity index (χ2n) is 6.86. The molecule has 5 nitrogen and oxygen atoms in total. The zero-order valence-corrected chi connectivity index (χ0v) is 16.4. The highest BCUT2D eigenvalue weighted by atomic mass is 32.1. The van der Waals surface area contributed by atoms with Crippen LogP contribution in [0.15, 0.2) is 53.4 Å². The molecule has 2 heterocycles. The Hall–Kier alpha value is -3.20. The number of alkyl halides is 3. The molecule has 9 heteroatoms. The van der Waals surface area contributed by atoms with Gasteiger partial charge in [-0.3, -0.25) is 9.59 Å². The predicted molar refractivity (Wildman–Crippen MR) is 106 cm³/mol. The van der Waals surface area contributed by atoms with Gasteiger partial charge in [0, 0.05) is 29.7 Å². The lowest BCUT2D eigenvalue weighted by Gasteiger charge is -2.28. The molecule has 2 amide bonds. The number of carbonyl (C=O) groups excluding carboxylic acids is 2. The summed E-state index contributed by atoms with van der Waals surface area (Å²) in [5, 5.41) is 4.41. The molecular formula is C21H16F3N3O2S. The number of rotatable bonds is 3. The van der Waals surface area contributed by atoms with Crippen LogP contribution in [0.3, 0.4) is 0 Å². The summed E-state index contributed by atoms with van der Waals surface area (Å²) in [6.45, 7) is 0.982. The minimum absolute atomic E-state index is 0.126. The fourth-order valence-electron chi connectivity index (χ4n) is 3.30. The number of anilines is 1. The molecule has 3 aromatic rings. The van der Waals surface area contributed by atoms with Crippen LogP contribution in [-0.2, 0) is 19.1 Å². The standard InChI is InChI=1S/C21H16F3N3O2S/c22-21(23,24)16-4-1-14(2-5-16)19(28)26-17-6-3-13-7-8-27(10-15(13)9-17)20(29)18-11-30-12-25-18/h1-6,9,11-12H,7-8,10H2,(H,26,28). The SMILES string of the molecule is O=C(Nc1ccc2c(c1)CN(C(=O)c1cscn1)CC2)c1ccc(C(F)(F)F)cc1. The van der Waals surface area contributed by atoms with E-state index in [1.165, 1.54) is 11.3 Å². The van der Waals surface area contributed by atoms with Crippen LogP contribution >= 0.6 is 11.3 Å². The Morgan fingerprint density at radius 3 is 2.50 bits per heavy atom. The molecule has 2 aromatic carbocycles. The lowest BCUT2D eigenvalue weighted by Crippen LogP contribution is -2.36.